The van der Waals surface area contributed by atoms with Crippen LogP contribution in [0.4, 0.5) is 0 Å². The maximum atomic E-state index is 5.41. The van der Waals surface area contributed by atoms with Gasteiger partial charge in [-0.05, 0) is 20.3 Å². The lowest BCUT2D eigenvalue weighted by atomic mass is 10.0. The van der Waals surface area contributed by atoms with Crippen molar-refractivity contribution in [2.24, 2.45) is 4.99 Å². The van der Waals surface area contributed by atoms with Gasteiger partial charge >= 0.3 is 0 Å². The van der Waals surface area contributed by atoms with Crippen molar-refractivity contribution in [3.8, 4) is 0 Å². The van der Waals surface area contributed by atoms with Crippen LogP contribution in [0.25, 0.3) is 0 Å². The van der Waals surface area contributed by atoms with Gasteiger partial charge in [0.2, 0.25) is 0 Å². The molecule has 1 aliphatic heterocycles. The van der Waals surface area contributed by atoms with Gasteiger partial charge in [-0.3, -0.25) is 9.89 Å². The molecule has 118 valence electrons. The molecule has 0 aromatic carbocycles. The minimum Gasteiger partial charge on any atom is -0.385 e. The summed E-state index contributed by atoms with van der Waals surface area (Å²) in [6.45, 7) is 10.6. The topological polar surface area (TPSA) is 58.1 Å². The average molecular weight is 286 g/mol. The molecule has 6 heteroatoms. The van der Waals surface area contributed by atoms with E-state index >= 15 is 0 Å². The average Bonchev–Trinajstić information content (AvgIpc) is 2.47. The number of morpholine rings is 1. The molecule has 1 aliphatic rings. The summed E-state index contributed by atoms with van der Waals surface area (Å²) in [5, 5.41) is 6.69. The molecule has 6 nitrogen and oxygen atoms in total. The number of methoxy groups -OCH3 is 1. The Morgan fingerprint density at radius 1 is 1.30 bits per heavy atom. The van der Waals surface area contributed by atoms with Gasteiger partial charge in [0.25, 0.3) is 0 Å². The standard InChI is InChI=1S/C14H30N4O2/c1-14(2,18-7-10-20-11-8-18)12-17-13(15-3)16-6-5-9-19-4/h5-12H2,1-4H3,(H2,15,16,17). The van der Waals surface area contributed by atoms with E-state index in [1.165, 1.54) is 0 Å². The van der Waals surface area contributed by atoms with Crippen LogP contribution in [0.3, 0.4) is 0 Å². The molecule has 0 unspecified atom stereocenters. The van der Waals surface area contributed by atoms with Crippen molar-refractivity contribution in [1.29, 1.82) is 0 Å². The Morgan fingerprint density at radius 2 is 2.00 bits per heavy atom. The van der Waals surface area contributed by atoms with Gasteiger partial charge in [0.05, 0.1) is 13.2 Å². The molecule has 0 radical (unpaired) electrons. The second-order valence-corrected chi connectivity index (χ2v) is 5.61. The Morgan fingerprint density at radius 3 is 2.60 bits per heavy atom. The lowest BCUT2D eigenvalue weighted by molar-refractivity contribution is -0.00834. The Kier molecular flexibility index (Phi) is 7.87. The smallest absolute Gasteiger partial charge is 0.191 e. The van der Waals surface area contributed by atoms with Crippen LogP contribution in [0.5, 0.6) is 0 Å². The van der Waals surface area contributed by atoms with Crippen LogP contribution in [-0.4, -0.2) is 76.6 Å². The number of rotatable bonds is 7. The van der Waals surface area contributed by atoms with Crippen LogP contribution in [0.1, 0.15) is 20.3 Å². The van der Waals surface area contributed by atoms with E-state index in [0.29, 0.717) is 0 Å². The third-order valence-corrected chi connectivity index (χ3v) is 3.60. The molecule has 1 saturated heterocycles. The monoisotopic (exact) mass is 286 g/mol. The Bertz CT molecular complexity index is 289. The fraction of sp³-hybridized carbons (Fsp3) is 0.929. The van der Waals surface area contributed by atoms with E-state index in [0.717, 1.165) is 58.4 Å². The number of nitrogens with one attached hydrogen (secondary N) is 2. The third kappa shape index (κ3) is 6.07. The van der Waals surface area contributed by atoms with Gasteiger partial charge < -0.3 is 20.1 Å². The van der Waals surface area contributed by atoms with E-state index in [-0.39, 0.29) is 5.54 Å². The summed E-state index contributed by atoms with van der Waals surface area (Å²) in [5.74, 6) is 0.849. The van der Waals surface area contributed by atoms with Crippen molar-refractivity contribution in [1.82, 2.24) is 15.5 Å². The molecule has 0 bridgehead atoms. The minimum atomic E-state index is 0.0912. The van der Waals surface area contributed by atoms with E-state index in [2.05, 4.69) is 34.4 Å². The van der Waals surface area contributed by atoms with E-state index in [1.54, 1.807) is 14.2 Å². The molecule has 0 amide bonds. The molecule has 0 saturated carbocycles. The largest absolute Gasteiger partial charge is 0.385 e. The third-order valence-electron chi connectivity index (χ3n) is 3.60. The summed E-state index contributed by atoms with van der Waals surface area (Å²) in [7, 11) is 3.52. The normalized spacial score (nSPS) is 18.1. The van der Waals surface area contributed by atoms with E-state index in [9.17, 15) is 0 Å². The first kappa shape index (κ1) is 17.2. The van der Waals surface area contributed by atoms with Crippen LogP contribution >= 0.6 is 0 Å². The maximum Gasteiger partial charge on any atom is 0.191 e. The highest BCUT2D eigenvalue weighted by Crippen LogP contribution is 2.14. The van der Waals surface area contributed by atoms with Crippen LogP contribution in [0, 0.1) is 0 Å². The molecule has 0 atom stereocenters. The SMILES string of the molecule is CN=C(NCCCOC)NCC(C)(C)N1CCOCC1. The molecule has 20 heavy (non-hydrogen) atoms. The van der Waals surface area contributed by atoms with Crippen molar-refractivity contribution >= 4 is 5.96 Å². The van der Waals surface area contributed by atoms with Gasteiger partial charge in [-0.15, -0.1) is 0 Å². The van der Waals surface area contributed by atoms with Crippen molar-refractivity contribution in [2.45, 2.75) is 25.8 Å². The van der Waals surface area contributed by atoms with Gasteiger partial charge in [0.15, 0.2) is 5.96 Å². The summed E-state index contributed by atoms with van der Waals surface area (Å²) in [6.07, 6.45) is 0.976. The molecule has 1 heterocycles. The number of hydrogen-bond donors (Lipinski definition) is 2. The first-order chi connectivity index (χ1) is 9.60. The minimum absolute atomic E-state index is 0.0912. The summed E-state index contributed by atoms with van der Waals surface area (Å²) >= 11 is 0. The molecule has 1 fully saturated rings. The van der Waals surface area contributed by atoms with Crippen molar-refractivity contribution in [3.63, 3.8) is 0 Å². The van der Waals surface area contributed by atoms with Gasteiger partial charge in [-0.1, -0.05) is 0 Å². The van der Waals surface area contributed by atoms with Crippen LogP contribution < -0.4 is 10.6 Å². The summed E-state index contributed by atoms with van der Waals surface area (Å²) in [6, 6.07) is 0. The maximum absolute atomic E-state index is 5.41. The van der Waals surface area contributed by atoms with E-state index in [1.807, 2.05) is 0 Å². The highest BCUT2D eigenvalue weighted by molar-refractivity contribution is 5.79. The van der Waals surface area contributed by atoms with Gasteiger partial charge in [-0.2, -0.15) is 0 Å². The van der Waals surface area contributed by atoms with Gasteiger partial charge in [-0.25, -0.2) is 0 Å². The predicted molar refractivity (Wildman–Crippen MR) is 82.3 cm³/mol. The van der Waals surface area contributed by atoms with Gasteiger partial charge in [0, 0.05) is 52.5 Å². The lowest BCUT2D eigenvalue weighted by Gasteiger charge is -2.41. The van der Waals surface area contributed by atoms with E-state index in [4.69, 9.17) is 9.47 Å². The number of hydrogen-bond acceptors (Lipinski definition) is 4. The number of guanidine groups is 1. The fourth-order valence-electron chi connectivity index (χ4n) is 2.22. The van der Waals surface area contributed by atoms with Crippen molar-refractivity contribution < 1.29 is 9.47 Å². The zero-order valence-corrected chi connectivity index (χ0v) is 13.4. The molecule has 0 aromatic heterocycles. The molecule has 2 N–H and O–H groups in total. The number of nitrogens with zero attached hydrogens (tertiary/aromatic N) is 2. The molecular weight excluding hydrogens is 256 g/mol. The molecule has 0 spiro atoms. The van der Waals surface area contributed by atoms with E-state index < -0.39 is 0 Å². The van der Waals surface area contributed by atoms with Gasteiger partial charge in [0.1, 0.15) is 0 Å². The Labute approximate surface area is 122 Å². The van der Waals surface area contributed by atoms with Crippen LogP contribution in [0.15, 0.2) is 4.99 Å². The highest BCUT2D eigenvalue weighted by atomic mass is 16.5. The summed E-state index contributed by atoms with van der Waals surface area (Å²) < 4.78 is 10.4. The highest BCUT2D eigenvalue weighted by Gasteiger charge is 2.28. The second-order valence-electron chi connectivity index (χ2n) is 5.61. The molecule has 1 rings (SSSR count). The zero-order chi connectivity index (χ0) is 14.8. The lowest BCUT2D eigenvalue weighted by Crippen LogP contribution is -2.56. The predicted octanol–water partition coefficient (Wildman–Crippen LogP) is 0.299. The Hall–Kier alpha value is -0.850. The molecule has 0 aromatic rings. The first-order valence-electron chi connectivity index (χ1n) is 7.36. The van der Waals surface area contributed by atoms with Crippen molar-refractivity contribution in [2.75, 3.05) is 60.2 Å². The van der Waals surface area contributed by atoms with Crippen molar-refractivity contribution in [3.05, 3.63) is 0 Å². The number of aliphatic imine (C=N–C) groups is 1. The van der Waals surface area contributed by atoms with Crippen LogP contribution in [-0.2, 0) is 9.47 Å². The summed E-state index contributed by atoms with van der Waals surface area (Å²) in [5.41, 5.74) is 0.0912. The molecular formula is C14H30N4O2. The first-order valence-corrected chi connectivity index (χ1v) is 7.36. The van der Waals surface area contributed by atoms with Crippen LogP contribution in [0.2, 0.25) is 0 Å². The fourth-order valence-corrected chi connectivity index (χ4v) is 2.22. The Balaban J connectivity index is 2.30. The summed E-state index contributed by atoms with van der Waals surface area (Å²) in [4.78, 5) is 6.70. The number of ether oxygens (including phenoxy) is 2. The molecule has 0 aliphatic carbocycles. The quantitative estimate of drug-likeness (QED) is 0.400. The second kappa shape index (κ2) is 9.15. The zero-order valence-electron chi connectivity index (χ0n) is 13.4.